The predicted molar refractivity (Wildman–Crippen MR) is 301 cm³/mol. The van der Waals surface area contributed by atoms with Crippen LogP contribution in [0.1, 0.15) is 49.9 Å². The lowest BCUT2D eigenvalue weighted by molar-refractivity contribution is -0.225. The third-order valence-electron chi connectivity index (χ3n) is 13.0. The largest absolute Gasteiger partial charge is 0.378 e. The van der Waals surface area contributed by atoms with Crippen molar-refractivity contribution < 1.29 is 66.3 Å². The lowest BCUT2D eigenvalue weighted by Crippen LogP contribution is -2.46. The molecule has 0 unspecified atom stereocenters. The zero-order valence-corrected chi connectivity index (χ0v) is 47.5. The minimum atomic E-state index is -0.825. The van der Waals surface area contributed by atoms with Gasteiger partial charge in [0.25, 0.3) is 0 Å². The van der Waals surface area contributed by atoms with Crippen molar-refractivity contribution in [1.29, 1.82) is 0 Å². The summed E-state index contributed by atoms with van der Waals surface area (Å²) < 4.78 is 84.8. The van der Waals surface area contributed by atoms with Crippen LogP contribution in [0.2, 0.25) is 0 Å². The number of rotatable bonds is 48. The smallest absolute Gasteiger partial charge is 0.171 e. The molecule has 436 valence electrons. The lowest BCUT2D eigenvalue weighted by atomic mass is 9.87. The Morgan fingerprint density at radius 2 is 0.526 bits per heavy atom. The molecule has 16 heteroatoms. The summed E-state index contributed by atoms with van der Waals surface area (Å²) in [5.41, 5.74) is 4.28. The molecule has 0 saturated carbocycles. The third kappa shape index (κ3) is 29.6. The summed E-state index contributed by atoms with van der Waals surface area (Å²) in [6.07, 6.45) is -0.487. The highest BCUT2D eigenvalue weighted by Crippen LogP contribution is 2.42. The highest BCUT2D eigenvalue weighted by Gasteiger charge is 2.51. The molecular weight excluding hydrogens is 997 g/mol. The van der Waals surface area contributed by atoms with Crippen molar-refractivity contribution >= 4 is 0 Å². The summed E-state index contributed by atoms with van der Waals surface area (Å²) in [5, 5.41) is 0. The van der Waals surface area contributed by atoms with Crippen LogP contribution in [-0.2, 0) is 92.7 Å². The van der Waals surface area contributed by atoms with Gasteiger partial charge in [-0.2, -0.15) is 0 Å². The van der Waals surface area contributed by atoms with Crippen LogP contribution in [0.15, 0.2) is 121 Å². The van der Waals surface area contributed by atoms with E-state index in [2.05, 4.69) is 86.0 Å². The Balaban J connectivity index is 1.10. The first-order chi connectivity index (χ1) is 38.3. The van der Waals surface area contributed by atoms with E-state index in [1.54, 1.807) is 0 Å². The number of hydrogen-bond donors (Lipinski definition) is 0. The van der Waals surface area contributed by atoms with E-state index in [4.69, 9.17) is 66.3 Å². The van der Waals surface area contributed by atoms with Crippen LogP contribution in [0.5, 0.6) is 0 Å². The topological polar surface area (TPSA) is 136 Å². The van der Waals surface area contributed by atoms with E-state index in [9.17, 15) is 0 Å². The quantitative estimate of drug-likeness (QED) is 0.0394. The summed E-state index contributed by atoms with van der Waals surface area (Å²) in [6, 6.07) is 40.6. The van der Waals surface area contributed by atoms with E-state index < -0.39 is 5.79 Å². The molecule has 0 aromatic heterocycles. The molecule has 1 aliphatic heterocycles. The summed E-state index contributed by atoms with van der Waals surface area (Å²) in [4.78, 5) is 4.70. The molecule has 4 aromatic rings. The zero-order chi connectivity index (χ0) is 54.9. The molecule has 0 aliphatic carbocycles. The molecule has 0 bridgehead atoms. The van der Waals surface area contributed by atoms with E-state index in [-0.39, 0.29) is 17.6 Å². The normalized spacial score (nSPS) is 15.5. The molecular formula is C62H94N2O14. The van der Waals surface area contributed by atoms with Gasteiger partial charge >= 0.3 is 0 Å². The number of ether oxygens (including phenoxy) is 14. The summed E-state index contributed by atoms with van der Waals surface area (Å²) in [7, 11) is 0. The SMILES string of the molecule is CC(C)(C)C1(C)O[C@@H](CN(CCOCCOCCOCc2ccccc2)CCOCCOCCOCc2ccccc2)[C@H](CN(CCOCCOCCOCc2ccccc2)CCOCCOCCOCc2ccccc2)O1. The van der Waals surface area contributed by atoms with Crippen molar-refractivity contribution in [3.63, 3.8) is 0 Å². The molecule has 4 aromatic carbocycles. The van der Waals surface area contributed by atoms with E-state index >= 15 is 0 Å². The Hall–Kier alpha value is -3.76. The molecule has 5 rings (SSSR count). The summed E-state index contributed by atoms with van der Waals surface area (Å²) in [6.45, 7) is 24.8. The zero-order valence-electron chi connectivity index (χ0n) is 47.5. The minimum absolute atomic E-state index is 0.244. The van der Waals surface area contributed by atoms with E-state index in [1.165, 1.54) is 0 Å². The summed E-state index contributed by atoms with van der Waals surface area (Å²) in [5.74, 6) is -0.825. The fourth-order valence-corrected chi connectivity index (χ4v) is 8.11. The van der Waals surface area contributed by atoms with Gasteiger partial charge in [-0.15, -0.1) is 0 Å². The van der Waals surface area contributed by atoms with Gasteiger partial charge < -0.3 is 66.3 Å². The van der Waals surface area contributed by atoms with Gasteiger partial charge in [0.1, 0.15) is 12.2 Å². The van der Waals surface area contributed by atoms with Gasteiger partial charge in [0.2, 0.25) is 0 Å². The maximum Gasteiger partial charge on any atom is 0.171 e. The van der Waals surface area contributed by atoms with Crippen LogP contribution < -0.4 is 0 Å². The van der Waals surface area contributed by atoms with Gasteiger partial charge in [-0.25, -0.2) is 0 Å². The van der Waals surface area contributed by atoms with E-state index in [1.807, 2.05) is 72.8 Å². The monoisotopic (exact) mass is 1090 g/mol. The number of hydrogen-bond acceptors (Lipinski definition) is 16. The van der Waals surface area contributed by atoms with Crippen LogP contribution in [-0.4, -0.2) is 199 Å². The molecule has 0 N–H and O–H groups in total. The average molecular weight is 1090 g/mol. The van der Waals surface area contributed by atoms with Gasteiger partial charge in [0.15, 0.2) is 5.79 Å². The Bertz CT molecular complexity index is 1740. The standard InChI is InChI=1S/C62H94N2O14/c1-61(2,3)62(4)77-59(49-63(25-29-65-33-37-69-41-45-73-51-55-17-9-5-10-18-55)26-30-66-34-38-70-42-46-74-52-56-19-11-6-12-20-56)60(78-62)50-64(27-31-67-35-39-71-43-47-75-53-57-21-13-7-14-22-57)28-32-68-36-40-72-44-48-76-54-58-23-15-8-16-24-58/h5-24,59-60H,25-54H2,1-4H3/t59-,60-/m0/s1. The first-order valence-corrected chi connectivity index (χ1v) is 28.2. The molecule has 1 fully saturated rings. The van der Waals surface area contributed by atoms with E-state index in [0.717, 1.165) is 22.3 Å². The Kier molecular flexibility index (Phi) is 34.4. The highest BCUT2D eigenvalue weighted by molar-refractivity contribution is 5.15. The van der Waals surface area contributed by atoms with Crippen LogP contribution in [0, 0.1) is 5.41 Å². The van der Waals surface area contributed by atoms with Crippen molar-refractivity contribution in [2.75, 3.05) is 171 Å². The van der Waals surface area contributed by atoms with Crippen LogP contribution in [0.3, 0.4) is 0 Å². The van der Waals surface area contributed by atoms with E-state index in [0.29, 0.717) is 198 Å². The molecule has 2 atom stereocenters. The molecule has 0 amide bonds. The van der Waals surface area contributed by atoms with Gasteiger partial charge in [0.05, 0.1) is 159 Å². The van der Waals surface area contributed by atoms with Crippen LogP contribution >= 0.6 is 0 Å². The Labute approximate surface area is 467 Å². The second-order valence-electron chi connectivity index (χ2n) is 20.2. The van der Waals surface area contributed by atoms with Crippen molar-refractivity contribution in [3.8, 4) is 0 Å². The highest BCUT2D eigenvalue weighted by atomic mass is 16.8. The fraction of sp³-hybridized carbons (Fsp3) is 0.613. The second kappa shape index (κ2) is 41.3. The first-order valence-electron chi connectivity index (χ1n) is 28.2. The first kappa shape index (κ1) is 65.1. The fourth-order valence-electron chi connectivity index (χ4n) is 8.11. The summed E-state index contributed by atoms with van der Waals surface area (Å²) >= 11 is 0. The van der Waals surface area contributed by atoms with Gasteiger partial charge in [-0.3, -0.25) is 9.80 Å². The van der Waals surface area contributed by atoms with Crippen molar-refractivity contribution in [1.82, 2.24) is 9.80 Å². The Morgan fingerprint density at radius 3 is 0.744 bits per heavy atom. The average Bonchev–Trinajstić information content (AvgIpc) is 3.82. The predicted octanol–water partition coefficient (Wildman–Crippen LogP) is 8.14. The third-order valence-corrected chi connectivity index (χ3v) is 13.0. The van der Waals surface area contributed by atoms with Gasteiger partial charge in [-0.05, 0) is 29.2 Å². The number of benzene rings is 4. The molecule has 1 heterocycles. The maximum atomic E-state index is 6.99. The molecule has 16 nitrogen and oxygen atoms in total. The molecule has 0 radical (unpaired) electrons. The van der Waals surface area contributed by atoms with Gasteiger partial charge in [-0.1, -0.05) is 142 Å². The number of nitrogens with zero attached hydrogens (tertiary/aromatic N) is 2. The molecule has 78 heavy (non-hydrogen) atoms. The van der Waals surface area contributed by atoms with Gasteiger partial charge in [0, 0.05) is 44.7 Å². The molecule has 1 saturated heterocycles. The molecule has 1 aliphatic rings. The van der Waals surface area contributed by atoms with Crippen molar-refractivity contribution in [2.24, 2.45) is 5.41 Å². The van der Waals surface area contributed by atoms with Crippen molar-refractivity contribution in [2.45, 2.75) is 72.1 Å². The molecule has 0 spiro atoms. The maximum absolute atomic E-state index is 6.99. The second-order valence-corrected chi connectivity index (χ2v) is 20.2. The van der Waals surface area contributed by atoms with Crippen molar-refractivity contribution in [3.05, 3.63) is 144 Å². The van der Waals surface area contributed by atoms with Crippen LogP contribution in [0.25, 0.3) is 0 Å². The minimum Gasteiger partial charge on any atom is -0.378 e. The van der Waals surface area contributed by atoms with Crippen LogP contribution in [0.4, 0.5) is 0 Å². The lowest BCUT2D eigenvalue weighted by Gasteiger charge is -2.37. The Morgan fingerprint density at radius 1 is 0.321 bits per heavy atom.